The van der Waals surface area contributed by atoms with Crippen molar-refractivity contribution in [3.63, 3.8) is 0 Å². The Morgan fingerprint density at radius 3 is 2.89 bits per heavy atom. The molecule has 1 heterocycles. The third kappa shape index (κ3) is 4.16. The predicted molar refractivity (Wildman–Crippen MR) is 80.0 cm³/mol. The first-order valence-corrected chi connectivity index (χ1v) is 6.85. The Kier molecular flexibility index (Phi) is 4.30. The molecule has 0 amide bonds. The zero-order valence-electron chi connectivity index (χ0n) is 11.8. The minimum atomic E-state index is 0.453. The fourth-order valence-corrected chi connectivity index (χ4v) is 2.72. The van der Waals surface area contributed by atoms with Gasteiger partial charge in [-0.25, -0.2) is 15.0 Å². The van der Waals surface area contributed by atoms with Gasteiger partial charge in [-0.15, -0.1) is 0 Å². The molecular formula is C15H22N4. The highest BCUT2D eigenvalue weighted by Crippen LogP contribution is 2.40. The molecule has 0 bridgehead atoms. The topological polar surface area (TPSA) is 63.6 Å². The number of amidine groups is 1. The molecule has 4 heteroatoms. The van der Waals surface area contributed by atoms with Crippen molar-refractivity contribution in [2.45, 2.75) is 46.0 Å². The highest BCUT2D eigenvalue weighted by molar-refractivity contribution is 5.85. The molecule has 0 aliphatic heterocycles. The number of aromatic nitrogens is 1. The molecule has 2 rings (SSSR count). The lowest BCUT2D eigenvalue weighted by Gasteiger charge is -2.23. The average molecular weight is 258 g/mol. The van der Waals surface area contributed by atoms with E-state index in [-0.39, 0.29) is 0 Å². The first-order chi connectivity index (χ1) is 9.07. The van der Waals surface area contributed by atoms with E-state index in [9.17, 15) is 0 Å². The zero-order chi connectivity index (χ0) is 13.7. The monoisotopic (exact) mass is 258 g/mol. The standard InChI is InChI=1S/C15H22N4/c1-12(16)18-11-19-14-9-13(5-8-17-14)10-15(2)6-3-4-7-15/h5,8-9,11H,3-4,6-7,10H2,1-2H3,(H2,16,17,18,19). The van der Waals surface area contributed by atoms with Crippen LogP contribution in [0, 0.1) is 5.41 Å². The smallest absolute Gasteiger partial charge is 0.153 e. The van der Waals surface area contributed by atoms with Gasteiger partial charge in [0.15, 0.2) is 5.82 Å². The van der Waals surface area contributed by atoms with Gasteiger partial charge in [-0.1, -0.05) is 19.8 Å². The van der Waals surface area contributed by atoms with Crippen LogP contribution in [0.25, 0.3) is 0 Å². The SMILES string of the molecule is CC(N)=NC=Nc1cc(CC2(C)CCCC2)ccn1. The second-order valence-electron chi connectivity index (χ2n) is 5.73. The number of pyridine rings is 1. The van der Waals surface area contributed by atoms with E-state index in [1.165, 1.54) is 37.6 Å². The summed E-state index contributed by atoms with van der Waals surface area (Å²) >= 11 is 0. The number of aliphatic imine (C=N–C) groups is 2. The van der Waals surface area contributed by atoms with Crippen molar-refractivity contribution in [3.05, 3.63) is 23.9 Å². The molecule has 0 aromatic carbocycles. The van der Waals surface area contributed by atoms with E-state index < -0.39 is 0 Å². The van der Waals surface area contributed by atoms with Crippen molar-refractivity contribution < 1.29 is 0 Å². The van der Waals surface area contributed by atoms with Gasteiger partial charge >= 0.3 is 0 Å². The van der Waals surface area contributed by atoms with Crippen LogP contribution in [0.2, 0.25) is 0 Å². The van der Waals surface area contributed by atoms with Crippen LogP contribution in [0.3, 0.4) is 0 Å². The molecular weight excluding hydrogens is 236 g/mol. The third-order valence-corrected chi connectivity index (χ3v) is 3.70. The fraction of sp³-hybridized carbons (Fsp3) is 0.533. The van der Waals surface area contributed by atoms with Gasteiger partial charge in [0.25, 0.3) is 0 Å². The molecule has 1 aliphatic rings. The van der Waals surface area contributed by atoms with E-state index in [0.717, 1.165) is 6.42 Å². The number of hydrogen-bond acceptors (Lipinski definition) is 2. The second-order valence-corrected chi connectivity index (χ2v) is 5.73. The Labute approximate surface area is 114 Å². The molecule has 1 aliphatic carbocycles. The summed E-state index contributed by atoms with van der Waals surface area (Å²) in [5, 5.41) is 0. The molecule has 0 atom stereocenters. The summed E-state index contributed by atoms with van der Waals surface area (Å²) in [6.07, 6.45) is 9.75. The Morgan fingerprint density at radius 1 is 1.47 bits per heavy atom. The normalized spacial score (nSPS) is 19.2. The van der Waals surface area contributed by atoms with Gasteiger partial charge in [0, 0.05) is 6.20 Å². The van der Waals surface area contributed by atoms with E-state index in [0.29, 0.717) is 17.1 Å². The van der Waals surface area contributed by atoms with E-state index in [1.807, 2.05) is 12.3 Å². The van der Waals surface area contributed by atoms with Gasteiger partial charge < -0.3 is 5.73 Å². The Morgan fingerprint density at radius 2 is 2.21 bits per heavy atom. The van der Waals surface area contributed by atoms with E-state index in [2.05, 4.69) is 28.0 Å². The average Bonchev–Trinajstić information content (AvgIpc) is 2.75. The first kappa shape index (κ1) is 13.7. The van der Waals surface area contributed by atoms with Crippen LogP contribution in [0.5, 0.6) is 0 Å². The Hall–Kier alpha value is -1.71. The summed E-state index contributed by atoms with van der Waals surface area (Å²) in [7, 11) is 0. The van der Waals surface area contributed by atoms with Crippen LogP contribution in [0.4, 0.5) is 5.82 Å². The summed E-state index contributed by atoms with van der Waals surface area (Å²) in [4.78, 5) is 12.4. The minimum Gasteiger partial charge on any atom is -0.387 e. The summed E-state index contributed by atoms with van der Waals surface area (Å²) < 4.78 is 0. The largest absolute Gasteiger partial charge is 0.387 e. The lowest BCUT2D eigenvalue weighted by molar-refractivity contribution is 0.334. The molecule has 1 aromatic heterocycles. The van der Waals surface area contributed by atoms with Gasteiger partial charge in [-0.05, 0) is 49.3 Å². The Balaban J connectivity index is 2.06. The predicted octanol–water partition coefficient (Wildman–Crippen LogP) is 3.24. The van der Waals surface area contributed by atoms with Crippen molar-refractivity contribution in [1.82, 2.24) is 4.98 Å². The highest BCUT2D eigenvalue weighted by Gasteiger charge is 2.28. The number of nitrogens with two attached hydrogens (primary N) is 1. The summed E-state index contributed by atoms with van der Waals surface area (Å²) in [6.45, 7) is 4.11. The van der Waals surface area contributed by atoms with Crippen molar-refractivity contribution in [2.75, 3.05) is 0 Å². The maximum Gasteiger partial charge on any atom is 0.153 e. The quantitative estimate of drug-likeness (QED) is 0.665. The molecule has 102 valence electrons. The van der Waals surface area contributed by atoms with E-state index in [4.69, 9.17) is 5.73 Å². The summed E-state index contributed by atoms with van der Waals surface area (Å²) in [6, 6.07) is 4.13. The van der Waals surface area contributed by atoms with Crippen molar-refractivity contribution in [2.24, 2.45) is 21.1 Å². The van der Waals surface area contributed by atoms with E-state index >= 15 is 0 Å². The van der Waals surface area contributed by atoms with Crippen LogP contribution in [-0.4, -0.2) is 17.2 Å². The van der Waals surface area contributed by atoms with E-state index in [1.54, 1.807) is 6.92 Å². The molecule has 0 radical (unpaired) electrons. The maximum atomic E-state index is 5.45. The summed E-state index contributed by atoms with van der Waals surface area (Å²) in [5.74, 6) is 1.20. The number of nitrogens with zero attached hydrogens (tertiary/aromatic N) is 3. The minimum absolute atomic E-state index is 0.453. The van der Waals surface area contributed by atoms with Crippen LogP contribution < -0.4 is 5.73 Å². The second kappa shape index (κ2) is 5.95. The molecule has 0 saturated heterocycles. The lowest BCUT2D eigenvalue weighted by atomic mass is 9.82. The van der Waals surface area contributed by atoms with Gasteiger partial charge in [0.05, 0.1) is 5.84 Å². The number of rotatable bonds is 4. The van der Waals surface area contributed by atoms with Gasteiger partial charge in [0.1, 0.15) is 6.34 Å². The highest BCUT2D eigenvalue weighted by atomic mass is 15.0. The Bertz CT molecular complexity index is 481. The zero-order valence-corrected chi connectivity index (χ0v) is 11.8. The fourth-order valence-electron chi connectivity index (χ4n) is 2.72. The van der Waals surface area contributed by atoms with Crippen molar-refractivity contribution >= 4 is 18.0 Å². The van der Waals surface area contributed by atoms with Gasteiger partial charge in [0.2, 0.25) is 0 Å². The molecule has 1 saturated carbocycles. The van der Waals surface area contributed by atoms with Crippen LogP contribution in [0.15, 0.2) is 28.3 Å². The van der Waals surface area contributed by atoms with Crippen LogP contribution in [0.1, 0.15) is 45.1 Å². The third-order valence-electron chi connectivity index (χ3n) is 3.70. The first-order valence-electron chi connectivity index (χ1n) is 6.85. The molecule has 19 heavy (non-hydrogen) atoms. The molecule has 1 aromatic rings. The van der Waals surface area contributed by atoms with Crippen LogP contribution >= 0.6 is 0 Å². The lowest BCUT2D eigenvalue weighted by Crippen LogP contribution is -2.14. The maximum absolute atomic E-state index is 5.45. The molecule has 4 nitrogen and oxygen atoms in total. The summed E-state index contributed by atoms with van der Waals surface area (Å²) in [5.41, 5.74) is 7.21. The molecule has 2 N–H and O–H groups in total. The molecule has 0 unspecified atom stereocenters. The molecule has 1 fully saturated rings. The van der Waals surface area contributed by atoms with Crippen molar-refractivity contribution in [1.29, 1.82) is 0 Å². The van der Waals surface area contributed by atoms with Gasteiger partial charge in [-0.3, -0.25) is 0 Å². The van der Waals surface area contributed by atoms with Crippen molar-refractivity contribution in [3.8, 4) is 0 Å². The van der Waals surface area contributed by atoms with Gasteiger partial charge in [-0.2, -0.15) is 0 Å². The molecule has 0 spiro atoms. The van der Waals surface area contributed by atoms with Crippen LogP contribution in [-0.2, 0) is 6.42 Å². The number of hydrogen-bond donors (Lipinski definition) is 1.